The van der Waals surface area contributed by atoms with E-state index in [2.05, 4.69) is 18.2 Å². The zero-order chi connectivity index (χ0) is 48.3. The van der Waals surface area contributed by atoms with Crippen LogP contribution in [0.5, 0.6) is 11.5 Å². The number of methoxy groups -OCH3 is 1. The first-order valence-electron chi connectivity index (χ1n) is 24.2. The minimum Gasteiger partial charge on any atom is -0.496 e. The molecule has 2 saturated heterocycles. The molecule has 364 valence electrons. The molecule has 0 aliphatic carbocycles. The lowest BCUT2D eigenvalue weighted by Crippen LogP contribution is -2.53. The van der Waals surface area contributed by atoms with Gasteiger partial charge in [-0.2, -0.15) is 0 Å². The summed E-state index contributed by atoms with van der Waals surface area (Å²) in [4.78, 5) is 81.8. The average Bonchev–Trinajstić information content (AvgIpc) is 3.33. The van der Waals surface area contributed by atoms with Crippen molar-refractivity contribution < 1.29 is 52.5 Å². The normalized spacial score (nSPS) is 16.7. The van der Waals surface area contributed by atoms with Crippen LogP contribution in [0, 0.1) is 19.3 Å². The van der Waals surface area contributed by atoms with E-state index in [-0.39, 0.29) is 38.1 Å². The van der Waals surface area contributed by atoms with Gasteiger partial charge in [0.15, 0.2) is 0 Å². The highest BCUT2D eigenvalue weighted by Crippen LogP contribution is 2.30. The molecule has 2 heterocycles. The molecule has 2 aliphatic rings. The molecule has 67 heavy (non-hydrogen) atoms. The van der Waals surface area contributed by atoms with Crippen LogP contribution in [0.4, 0.5) is 0 Å². The second kappa shape index (κ2) is 26.0. The summed E-state index contributed by atoms with van der Waals surface area (Å²) in [6.07, 6.45) is 9.32. The molecule has 0 saturated carbocycles. The van der Waals surface area contributed by atoms with Crippen molar-refractivity contribution in [3.63, 3.8) is 0 Å². The molecular formula is C54H72N2O11. The van der Waals surface area contributed by atoms with Crippen LogP contribution in [0.15, 0.2) is 66.7 Å². The van der Waals surface area contributed by atoms with Gasteiger partial charge in [0, 0.05) is 26.4 Å². The Hall–Kier alpha value is -5.72. The summed E-state index contributed by atoms with van der Waals surface area (Å²) in [5.41, 5.74) is 3.98. The van der Waals surface area contributed by atoms with Gasteiger partial charge in [-0.05, 0) is 151 Å². The van der Waals surface area contributed by atoms with Crippen molar-refractivity contribution in [2.45, 2.75) is 149 Å². The largest absolute Gasteiger partial charge is 0.496 e. The zero-order valence-corrected chi connectivity index (χ0v) is 40.6. The standard InChI is InChI=1S/C54H72N2O11/c1-38-34-42(35-48(63-6)39(38)2)22-19-33-65-52(61)45-25-14-16-31-56(45)51(60)50(59)54(4,5)37-66-49(58)27-12-7-8-17-32-64-44-24-18-23-43(36-44)47(29-28-41-20-10-9-11-21-41)67-53(62)46-26-13-15-30-55(46)40(3)57/h9-11,18,20-21,23-24,34-36,45-47H,7-8,12-17,19,22,25-33,37H2,1-6H3/t45-,46?,47+/m0/s1. The van der Waals surface area contributed by atoms with Gasteiger partial charge in [-0.1, -0.05) is 61.4 Å². The Balaban J connectivity index is 1.01. The minimum atomic E-state index is -1.28. The summed E-state index contributed by atoms with van der Waals surface area (Å²) >= 11 is 0. The SMILES string of the molecule is COc1cc(CCCOC(=O)[C@@H]2CCCCN2C(=O)C(=O)C(C)(C)COC(=O)CCCCCCOc2cccc([C@@H](CCc3ccccc3)OC(=O)C3CCCCN3C(C)=O)c2)cc(C)c1C. The summed E-state index contributed by atoms with van der Waals surface area (Å²) < 4.78 is 28.9. The van der Waals surface area contributed by atoms with Crippen molar-refractivity contribution in [1.29, 1.82) is 0 Å². The fourth-order valence-corrected chi connectivity index (χ4v) is 8.77. The van der Waals surface area contributed by atoms with Gasteiger partial charge < -0.3 is 33.5 Å². The number of ketones is 1. The molecule has 3 aromatic rings. The molecule has 2 fully saturated rings. The number of hydrogen-bond acceptors (Lipinski definition) is 11. The van der Waals surface area contributed by atoms with Gasteiger partial charge in [0.2, 0.25) is 11.7 Å². The first-order chi connectivity index (χ1) is 32.2. The van der Waals surface area contributed by atoms with Gasteiger partial charge in [0.05, 0.1) is 25.7 Å². The highest BCUT2D eigenvalue weighted by Gasteiger charge is 2.42. The second-order valence-corrected chi connectivity index (χ2v) is 18.7. The van der Waals surface area contributed by atoms with E-state index in [9.17, 15) is 28.8 Å². The monoisotopic (exact) mass is 925 g/mol. The molecule has 13 nitrogen and oxygen atoms in total. The van der Waals surface area contributed by atoms with E-state index in [1.165, 1.54) is 11.8 Å². The van der Waals surface area contributed by atoms with Crippen LogP contribution in [0.1, 0.15) is 138 Å². The third kappa shape index (κ3) is 15.7. The maximum atomic E-state index is 13.5. The lowest BCUT2D eigenvalue weighted by Gasteiger charge is -2.35. The highest BCUT2D eigenvalue weighted by molar-refractivity contribution is 6.38. The van der Waals surface area contributed by atoms with Crippen molar-refractivity contribution in [3.8, 4) is 11.5 Å². The van der Waals surface area contributed by atoms with Gasteiger partial charge in [-0.25, -0.2) is 9.59 Å². The number of unbranched alkanes of at least 4 members (excludes halogenated alkanes) is 3. The lowest BCUT2D eigenvalue weighted by molar-refractivity contribution is -0.162. The van der Waals surface area contributed by atoms with Crippen LogP contribution in [-0.4, -0.2) is 97.4 Å². The van der Waals surface area contributed by atoms with Gasteiger partial charge in [-0.15, -0.1) is 0 Å². The Bertz CT molecular complexity index is 2140. The van der Waals surface area contributed by atoms with Gasteiger partial charge in [0.25, 0.3) is 5.91 Å². The van der Waals surface area contributed by atoms with E-state index >= 15 is 0 Å². The Labute approximate surface area is 397 Å². The Kier molecular flexibility index (Phi) is 20.3. The third-order valence-corrected chi connectivity index (χ3v) is 12.9. The van der Waals surface area contributed by atoms with E-state index in [0.29, 0.717) is 70.3 Å². The van der Waals surface area contributed by atoms with Crippen LogP contribution in [-0.2, 0) is 55.8 Å². The molecule has 2 aliphatic heterocycles. The summed E-state index contributed by atoms with van der Waals surface area (Å²) in [5.74, 6) is -1.44. The second-order valence-electron chi connectivity index (χ2n) is 18.7. The van der Waals surface area contributed by atoms with Crippen molar-refractivity contribution in [3.05, 3.63) is 94.5 Å². The number of amides is 2. The Morgan fingerprint density at radius 3 is 2.13 bits per heavy atom. The first-order valence-corrected chi connectivity index (χ1v) is 24.2. The predicted octanol–water partition coefficient (Wildman–Crippen LogP) is 8.96. The molecule has 3 aromatic carbocycles. The Morgan fingerprint density at radius 2 is 1.42 bits per heavy atom. The van der Waals surface area contributed by atoms with Crippen LogP contribution >= 0.6 is 0 Å². The average molecular weight is 925 g/mol. The first kappa shape index (κ1) is 52.3. The maximum Gasteiger partial charge on any atom is 0.329 e. The number of likely N-dealkylation sites (tertiary alicyclic amines) is 2. The number of piperidine rings is 2. The summed E-state index contributed by atoms with van der Waals surface area (Å²) in [6.45, 7) is 9.92. The fourth-order valence-electron chi connectivity index (χ4n) is 8.77. The number of benzene rings is 3. The quantitative estimate of drug-likeness (QED) is 0.0366. The molecule has 2 amide bonds. The number of aryl methyl sites for hydroxylation is 3. The van der Waals surface area contributed by atoms with E-state index in [1.807, 2.05) is 62.4 Å². The predicted molar refractivity (Wildman–Crippen MR) is 254 cm³/mol. The number of esters is 3. The van der Waals surface area contributed by atoms with Crippen LogP contribution in [0.25, 0.3) is 0 Å². The van der Waals surface area contributed by atoms with Gasteiger partial charge >= 0.3 is 17.9 Å². The van der Waals surface area contributed by atoms with Gasteiger partial charge in [-0.3, -0.25) is 19.2 Å². The number of rotatable bonds is 24. The smallest absolute Gasteiger partial charge is 0.329 e. The molecule has 5 rings (SSSR count). The number of nitrogens with zero attached hydrogens (tertiary/aromatic N) is 2. The molecule has 0 spiro atoms. The zero-order valence-electron chi connectivity index (χ0n) is 40.6. The molecule has 1 unspecified atom stereocenters. The Morgan fingerprint density at radius 1 is 0.716 bits per heavy atom. The molecule has 0 bridgehead atoms. The van der Waals surface area contributed by atoms with E-state index in [4.69, 9.17) is 23.7 Å². The van der Waals surface area contributed by atoms with E-state index in [1.54, 1.807) is 25.9 Å². The van der Waals surface area contributed by atoms with Crippen LogP contribution in [0.3, 0.4) is 0 Å². The lowest BCUT2D eigenvalue weighted by atomic mass is 9.87. The number of Topliss-reactive ketones (excluding diaryl/α,β-unsaturated/α-hetero) is 1. The van der Waals surface area contributed by atoms with Crippen molar-refractivity contribution in [1.82, 2.24) is 9.80 Å². The number of ether oxygens (including phenoxy) is 5. The van der Waals surface area contributed by atoms with E-state index in [0.717, 1.165) is 72.1 Å². The third-order valence-electron chi connectivity index (χ3n) is 12.9. The number of carbonyl (C=O) groups is 6. The number of carbonyl (C=O) groups excluding carboxylic acids is 6. The molecule has 0 radical (unpaired) electrons. The minimum absolute atomic E-state index is 0.122. The molecule has 3 atom stereocenters. The van der Waals surface area contributed by atoms with E-state index < -0.39 is 47.2 Å². The summed E-state index contributed by atoms with van der Waals surface area (Å²) in [7, 11) is 1.65. The molecule has 13 heteroatoms. The summed E-state index contributed by atoms with van der Waals surface area (Å²) in [6, 6.07) is 20.3. The summed E-state index contributed by atoms with van der Waals surface area (Å²) in [5, 5.41) is 0. The van der Waals surface area contributed by atoms with Crippen molar-refractivity contribution in [2.75, 3.05) is 40.0 Å². The van der Waals surface area contributed by atoms with Crippen LogP contribution in [0.2, 0.25) is 0 Å². The van der Waals surface area contributed by atoms with Crippen molar-refractivity contribution >= 4 is 35.5 Å². The van der Waals surface area contributed by atoms with Crippen LogP contribution < -0.4 is 9.47 Å². The van der Waals surface area contributed by atoms with Crippen molar-refractivity contribution in [2.24, 2.45) is 5.41 Å². The number of hydrogen-bond donors (Lipinski definition) is 0. The topological polar surface area (TPSA) is 155 Å². The van der Waals surface area contributed by atoms with Gasteiger partial charge in [0.1, 0.15) is 36.3 Å². The molecular weight excluding hydrogens is 853 g/mol. The maximum absolute atomic E-state index is 13.5. The molecule has 0 aromatic heterocycles. The molecule has 0 N–H and O–H groups in total. The fraction of sp³-hybridized carbons (Fsp3) is 0.556. The highest BCUT2D eigenvalue weighted by atomic mass is 16.5.